The SMILES string of the molecule is CNC(C)(CSc1cc2ccccc2[nH]1)C(=O)OC. The fourth-order valence-corrected chi connectivity index (χ4v) is 2.90. The molecular formula is C14H18N2O2S. The van der Waals surface area contributed by atoms with Crippen molar-refractivity contribution in [2.24, 2.45) is 0 Å². The molecule has 5 heteroatoms. The molecule has 1 heterocycles. The molecule has 0 spiro atoms. The van der Waals surface area contributed by atoms with Crippen LogP contribution in [0.25, 0.3) is 10.9 Å². The van der Waals surface area contributed by atoms with Gasteiger partial charge in [0.05, 0.1) is 12.1 Å². The average Bonchev–Trinajstić information content (AvgIpc) is 2.86. The van der Waals surface area contributed by atoms with Crippen LogP contribution in [0.3, 0.4) is 0 Å². The summed E-state index contributed by atoms with van der Waals surface area (Å²) < 4.78 is 4.83. The second-order valence-electron chi connectivity index (χ2n) is 4.58. The van der Waals surface area contributed by atoms with Gasteiger partial charge in [-0.05, 0) is 26.1 Å². The minimum atomic E-state index is -0.684. The molecule has 2 aromatic rings. The molecule has 0 amide bonds. The quantitative estimate of drug-likeness (QED) is 0.651. The van der Waals surface area contributed by atoms with Crippen LogP contribution < -0.4 is 5.32 Å². The van der Waals surface area contributed by atoms with Gasteiger partial charge in [-0.1, -0.05) is 18.2 Å². The fraction of sp³-hybridized carbons (Fsp3) is 0.357. The van der Waals surface area contributed by atoms with E-state index in [1.807, 2.05) is 25.1 Å². The van der Waals surface area contributed by atoms with Crippen LogP contribution in [0.4, 0.5) is 0 Å². The van der Waals surface area contributed by atoms with Crippen molar-refractivity contribution >= 4 is 28.6 Å². The van der Waals surface area contributed by atoms with Crippen molar-refractivity contribution in [2.75, 3.05) is 19.9 Å². The molecule has 102 valence electrons. The van der Waals surface area contributed by atoms with E-state index in [9.17, 15) is 4.79 Å². The summed E-state index contributed by atoms with van der Waals surface area (Å²) in [6, 6.07) is 10.2. The molecule has 0 bridgehead atoms. The highest BCUT2D eigenvalue weighted by Crippen LogP contribution is 2.26. The van der Waals surface area contributed by atoms with Crippen LogP contribution in [0.15, 0.2) is 35.4 Å². The lowest BCUT2D eigenvalue weighted by atomic mass is 10.1. The third-order valence-corrected chi connectivity index (χ3v) is 4.46. The zero-order valence-corrected chi connectivity index (χ0v) is 12.1. The van der Waals surface area contributed by atoms with E-state index in [0.29, 0.717) is 5.75 Å². The Balaban J connectivity index is 2.11. The van der Waals surface area contributed by atoms with E-state index in [4.69, 9.17) is 4.74 Å². The van der Waals surface area contributed by atoms with Crippen LogP contribution in [0.2, 0.25) is 0 Å². The molecule has 0 fully saturated rings. The summed E-state index contributed by atoms with van der Waals surface area (Å²) in [5.74, 6) is 0.349. The Hall–Kier alpha value is -1.46. The molecule has 0 radical (unpaired) electrons. The van der Waals surface area contributed by atoms with Gasteiger partial charge in [0.15, 0.2) is 0 Å². The Bertz CT molecular complexity index is 549. The first-order valence-corrected chi connectivity index (χ1v) is 7.05. The van der Waals surface area contributed by atoms with E-state index < -0.39 is 5.54 Å². The van der Waals surface area contributed by atoms with Gasteiger partial charge in [-0.2, -0.15) is 0 Å². The third-order valence-electron chi connectivity index (χ3n) is 3.21. The van der Waals surface area contributed by atoms with E-state index in [1.165, 1.54) is 12.5 Å². The van der Waals surface area contributed by atoms with Crippen molar-refractivity contribution in [1.29, 1.82) is 0 Å². The number of para-hydroxylation sites is 1. The Morgan fingerprint density at radius 2 is 2.21 bits per heavy atom. The van der Waals surface area contributed by atoms with Gasteiger partial charge in [0.2, 0.25) is 0 Å². The van der Waals surface area contributed by atoms with Crippen LogP contribution in [0.5, 0.6) is 0 Å². The number of hydrogen-bond acceptors (Lipinski definition) is 4. The van der Waals surface area contributed by atoms with Crippen molar-refractivity contribution in [2.45, 2.75) is 17.5 Å². The van der Waals surface area contributed by atoms with E-state index in [0.717, 1.165) is 10.5 Å². The topological polar surface area (TPSA) is 54.1 Å². The molecule has 0 saturated heterocycles. The number of ether oxygens (including phenoxy) is 1. The number of methoxy groups -OCH3 is 1. The highest BCUT2D eigenvalue weighted by Gasteiger charge is 2.32. The number of aromatic nitrogens is 1. The highest BCUT2D eigenvalue weighted by molar-refractivity contribution is 7.99. The number of carbonyl (C=O) groups excluding carboxylic acids is 1. The Kier molecular flexibility index (Phi) is 4.17. The Labute approximate surface area is 116 Å². The number of esters is 1. The lowest BCUT2D eigenvalue weighted by Crippen LogP contribution is -2.50. The monoisotopic (exact) mass is 278 g/mol. The van der Waals surface area contributed by atoms with Gasteiger partial charge < -0.3 is 15.0 Å². The largest absolute Gasteiger partial charge is 0.468 e. The molecule has 0 aliphatic heterocycles. The first-order valence-electron chi connectivity index (χ1n) is 6.07. The number of hydrogen-bond donors (Lipinski definition) is 2. The van der Waals surface area contributed by atoms with Gasteiger partial charge >= 0.3 is 5.97 Å². The maximum atomic E-state index is 11.7. The predicted molar refractivity (Wildman–Crippen MR) is 78.5 cm³/mol. The van der Waals surface area contributed by atoms with Crippen molar-refractivity contribution in [3.63, 3.8) is 0 Å². The molecule has 4 nitrogen and oxygen atoms in total. The van der Waals surface area contributed by atoms with Crippen molar-refractivity contribution in [1.82, 2.24) is 10.3 Å². The maximum absolute atomic E-state index is 11.7. The number of likely N-dealkylation sites (N-methyl/N-ethyl adjacent to an activating group) is 1. The summed E-state index contributed by atoms with van der Waals surface area (Å²) in [4.78, 5) is 15.1. The molecule has 0 aliphatic carbocycles. The molecule has 1 unspecified atom stereocenters. The Morgan fingerprint density at radius 1 is 1.47 bits per heavy atom. The van der Waals surface area contributed by atoms with Gasteiger partial charge in [-0.3, -0.25) is 4.79 Å². The number of rotatable bonds is 5. The summed E-state index contributed by atoms with van der Waals surface area (Å²) in [5.41, 5.74) is 0.422. The minimum absolute atomic E-state index is 0.251. The van der Waals surface area contributed by atoms with Crippen molar-refractivity contribution in [3.05, 3.63) is 30.3 Å². The van der Waals surface area contributed by atoms with Gasteiger partial charge in [0.1, 0.15) is 5.54 Å². The number of H-pyrrole nitrogens is 1. The van der Waals surface area contributed by atoms with Gasteiger partial charge in [-0.15, -0.1) is 11.8 Å². The first kappa shape index (κ1) is 14.0. The van der Waals surface area contributed by atoms with Crippen molar-refractivity contribution < 1.29 is 9.53 Å². The van der Waals surface area contributed by atoms with Gasteiger partial charge in [-0.25, -0.2) is 0 Å². The predicted octanol–water partition coefficient (Wildman–Crippen LogP) is 2.41. The van der Waals surface area contributed by atoms with E-state index in [2.05, 4.69) is 22.4 Å². The zero-order chi connectivity index (χ0) is 13.9. The molecule has 1 aromatic carbocycles. The molecule has 1 aromatic heterocycles. The number of aromatic amines is 1. The number of fused-ring (bicyclic) bond motifs is 1. The van der Waals surface area contributed by atoms with E-state index in [1.54, 1.807) is 18.8 Å². The molecule has 2 rings (SSSR count). The van der Waals surface area contributed by atoms with E-state index in [-0.39, 0.29) is 5.97 Å². The molecule has 19 heavy (non-hydrogen) atoms. The van der Waals surface area contributed by atoms with Crippen LogP contribution in [-0.2, 0) is 9.53 Å². The standard InChI is InChI=1S/C14H18N2O2S/c1-14(15-2,13(17)18-3)9-19-12-8-10-6-4-5-7-11(10)16-12/h4-8,15-16H,9H2,1-3H3. The fourth-order valence-electron chi connectivity index (χ4n) is 1.81. The average molecular weight is 278 g/mol. The lowest BCUT2D eigenvalue weighted by molar-refractivity contribution is -0.146. The summed E-state index contributed by atoms with van der Waals surface area (Å²) in [6.45, 7) is 1.84. The summed E-state index contributed by atoms with van der Waals surface area (Å²) in [7, 11) is 3.17. The molecular weight excluding hydrogens is 260 g/mol. The van der Waals surface area contributed by atoms with Crippen LogP contribution >= 0.6 is 11.8 Å². The molecule has 0 saturated carbocycles. The Morgan fingerprint density at radius 3 is 2.84 bits per heavy atom. The highest BCUT2D eigenvalue weighted by atomic mass is 32.2. The molecule has 0 aliphatic rings. The zero-order valence-electron chi connectivity index (χ0n) is 11.3. The number of thioether (sulfide) groups is 1. The number of carbonyl (C=O) groups is 1. The maximum Gasteiger partial charge on any atom is 0.326 e. The normalized spacial score (nSPS) is 14.3. The van der Waals surface area contributed by atoms with E-state index >= 15 is 0 Å². The molecule has 1 atom stereocenters. The first-order chi connectivity index (χ1) is 9.09. The summed E-state index contributed by atoms with van der Waals surface area (Å²) in [6.07, 6.45) is 0. The van der Waals surface area contributed by atoms with Crippen LogP contribution in [0.1, 0.15) is 6.92 Å². The van der Waals surface area contributed by atoms with Gasteiger partial charge in [0, 0.05) is 16.7 Å². The summed E-state index contributed by atoms with van der Waals surface area (Å²) >= 11 is 1.60. The lowest BCUT2D eigenvalue weighted by Gasteiger charge is -2.25. The van der Waals surface area contributed by atoms with Gasteiger partial charge in [0.25, 0.3) is 0 Å². The summed E-state index contributed by atoms with van der Waals surface area (Å²) in [5, 5.41) is 5.25. The second-order valence-corrected chi connectivity index (χ2v) is 5.60. The third kappa shape index (κ3) is 2.93. The minimum Gasteiger partial charge on any atom is -0.468 e. The second kappa shape index (κ2) is 5.67. The smallest absolute Gasteiger partial charge is 0.326 e. The van der Waals surface area contributed by atoms with Crippen LogP contribution in [-0.4, -0.2) is 36.4 Å². The number of benzene rings is 1. The van der Waals surface area contributed by atoms with Crippen molar-refractivity contribution in [3.8, 4) is 0 Å². The molecule has 2 N–H and O–H groups in total. The number of nitrogens with one attached hydrogen (secondary N) is 2. The van der Waals surface area contributed by atoms with Crippen LogP contribution in [0, 0.1) is 0 Å².